The molecule has 0 aliphatic heterocycles. The molecule has 0 saturated carbocycles. The van der Waals surface area contributed by atoms with Gasteiger partial charge in [-0.25, -0.2) is 9.97 Å². The van der Waals surface area contributed by atoms with Gasteiger partial charge in [-0.1, -0.05) is 119 Å². The van der Waals surface area contributed by atoms with Crippen molar-refractivity contribution in [3.63, 3.8) is 0 Å². The smallest absolute Gasteiger partial charge is 0.185 e. The van der Waals surface area contributed by atoms with E-state index in [0.717, 1.165) is 22.3 Å². The number of halogens is 4. The third-order valence-corrected chi connectivity index (χ3v) is 8.42. The molecule has 0 radical (unpaired) electrons. The van der Waals surface area contributed by atoms with Gasteiger partial charge < -0.3 is 9.80 Å². The van der Waals surface area contributed by atoms with Crippen LogP contribution >= 0.6 is 46.4 Å². The third kappa shape index (κ3) is 7.25. The fourth-order valence-electron chi connectivity index (χ4n) is 4.75. The summed E-state index contributed by atoms with van der Waals surface area (Å²) in [6.07, 6.45) is 0. The second-order valence-electron chi connectivity index (χ2n) is 9.87. The number of rotatable bonds is 10. The molecule has 1 aromatic heterocycles. The molecule has 10 heteroatoms. The van der Waals surface area contributed by atoms with E-state index in [1.54, 1.807) is 24.3 Å². The van der Waals surface area contributed by atoms with Crippen molar-refractivity contribution in [3.8, 4) is 12.1 Å². The van der Waals surface area contributed by atoms with Crippen LogP contribution in [0.3, 0.4) is 0 Å². The van der Waals surface area contributed by atoms with E-state index in [4.69, 9.17) is 56.4 Å². The molecule has 0 fully saturated rings. The van der Waals surface area contributed by atoms with E-state index in [2.05, 4.69) is 12.1 Å². The Kier molecular flexibility index (Phi) is 10.2. The number of aromatic nitrogens is 2. The van der Waals surface area contributed by atoms with Gasteiger partial charge in [0.25, 0.3) is 0 Å². The number of nitriles is 2. The molecule has 4 aromatic carbocycles. The first-order valence-corrected chi connectivity index (χ1v) is 15.0. The molecule has 0 aliphatic carbocycles. The Labute approximate surface area is 276 Å². The molecule has 0 N–H and O–H groups in total. The minimum absolute atomic E-state index is 0.0430. The summed E-state index contributed by atoms with van der Waals surface area (Å²) in [5.74, 6) is 0.478. The van der Waals surface area contributed by atoms with Crippen LogP contribution in [0.5, 0.6) is 0 Å². The Morgan fingerprint density at radius 3 is 0.932 bits per heavy atom. The van der Waals surface area contributed by atoms with Crippen molar-refractivity contribution in [1.29, 1.82) is 10.5 Å². The SMILES string of the molecule is N#Cc1nc(N(Cc2ccccc2Cl)Cc2ccccc2Cl)c(C#N)nc1N(Cc1ccccc1Cl)Cc1ccccc1Cl. The van der Waals surface area contributed by atoms with E-state index in [1.165, 1.54) is 0 Å². The normalized spacial score (nSPS) is 10.6. The quantitative estimate of drug-likeness (QED) is 0.149. The average Bonchev–Trinajstić information content (AvgIpc) is 3.03. The molecule has 0 bridgehead atoms. The van der Waals surface area contributed by atoms with Crippen molar-refractivity contribution >= 4 is 58.0 Å². The van der Waals surface area contributed by atoms with E-state index in [0.29, 0.717) is 46.3 Å². The summed E-state index contributed by atoms with van der Waals surface area (Å²) in [7, 11) is 0. The van der Waals surface area contributed by atoms with Crippen LogP contribution in [-0.2, 0) is 26.2 Å². The number of hydrogen-bond donors (Lipinski definition) is 0. The first-order chi connectivity index (χ1) is 21.4. The molecule has 1 heterocycles. The Morgan fingerprint density at radius 1 is 0.455 bits per heavy atom. The third-order valence-electron chi connectivity index (χ3n) is 6.95. The van der Waals surface area contributed by atoms with E-state index in [9.17, 15) is 10.5 Å². The lowest BCUT2D eigenvalue weighted by Crippen LogP contribution is -2.28. The van der Waals surface area contributed by atoms with Crippen molar-refractivity contribution in [1.82, 2.24) is 9.97 Å². The molecule has 0 aliphatic rings. The van der Waals surface area contributed by atoms with Gasteiger partial charge in [0, 0.05) is 46.3 Å². The number of nitrogens with zero attached hydrogens (tertiary/aromatic N) is 6. The van der Waals surface area contributed by atoms with Crippen LogP contribution in [0.4, 0.5) is 11.6 Å². The lowest BCUT2D eigenvalue weighted by molar-refractivity contribution is 0.754. The fraction of sp³-hybridized carbons (Fsp3) is 0.118. The molecule has 5 aromatic rings. The largest absolute Gasteiger partial charge is 0.345 e. The van der Waals surface area contributed by atoms with Crippen molar-refractivity contribution in [2.75, 3.05) is 9.80 Å². The van der Waals surface area contributed by atoms with Gasteiger partial charge in [0.2, 0.25) is 0 Å². The van der Waals surface area contributed by atoms with Gasteiger partial charge in [-0.15, -0.1) is 0 Å². The van der Waals surface area contributed by atoms with E-state index in [1.807, 2.05) is 82.6 Å². The minimum atomic E-state index is 0.0430. The van der Waals surface area contributed by atoms with Gasteiger partial charge in [-0.2, -0.15) is 10.5 Å². The van der Waals surface area contributed by atoms with Crippen LogP contribution in [0.15, 0.2) is 97.1 Å². The van der Waals surface area contributed by atoms with E-state index in [-0.39, 0.29) is 23.0 Å². The molecule has 6 nitrogen and oxygen atoms in total. The van der Waals surface area contributed by atoms with Crippen molar-refractivity contribution in [2.24, 2.45) is 0 Å². The highest BCUT2D eigenvalue weighted by atomic mass is 35.5. The Bertz CT molecular complexity index is 1650. The van der Waals surface area contributed by atoms with Gasteiger partial charge in [-0.3, -0.25) is 0 Å². The molecule has 0 amide bonds. The first-order valence-electron chi connectivity index (χ1n) is 13.5. The molecule has 5 rings (SSSR count). The van der Waals surface area contributed by atoms with Gasteiger partial charge >= 0.3 is 0 Å². The second kappa shape index (κ2) is 14.4. The standard InChI is InChI=1S/C34H24Cl4N6/c35-27-13-5-1-9-23(27)19-43(20-24-10-2-6-14-28(24)36)33-31(17-39)42-34(32(18-40)41-33)44(21-25-11-3-7-15-29(25)37)22-26-12-4-8-16-30(26)38/h1-16H,19-22H2. The first kappa shape index (κ1) is 31.1. The number of anilines is 2. The maximum Gasteiger partial charge on any atom is 0.185 e. The molecular weight excluding hydrogens is 634 g/mol. The van der Waals surface area contributed by atoms with Gasteiger partial charge in [0.05, 0.1) is 0 Å². The maximum atomic E-state index is 10.4. The summed E-state index contributed by atoms with van der Waals surface area (Å²) < 4.78 is 0. The topological polar surface area (TPSA) is 79.8 Å². The van der Waals surface area contributed by atoms with Gasteiger partial charge in [0.1, 0.15) is 12.1 Å². The van der Waals surface area contributed by atoms with Crippen LogP contribution in [0.1, 0.15) is 33.6 Å². The summed E-state index contributed by atoms with van der Waals surface area (Å²) in [6.45, 7) is 1.17. The summed E-state index contributed by atoms with van der Waals surface area (Å²) in [5, 5.41) is 23.0. The van der Waals surface area contributed by atoms with Gasteiger partial charge in [0.15, 0.2) is 23.0 Å². The number of benzene rings is 4. The van der Waals surface area contributed by atoms with Crippen molar-refractivity contribution in [2.45, 2.75) is 26.2 Å². The lowest BCUT2D eigenvalue weighted by atomic mass is 10.1. The summed E-state index contributed by atoms with van der Waals surface area (Å²) in [4.78, 5) is 13.2. The monoisotopic (exact) mass is 656 g/mol. The number of hydrogen-bond acceptors (Lipinski definition) is 6. The zero-order valence-corrected chi connectivity index (χ0v) is 26.3. The van der Waals surface area contributed by atoms with Crippen LogP contribution < -0.4 is 9.80 Å². The Morgan fingerprint density at radius 2 is 0.705 bits per heavy atom. The average molecular weight is 658 g/mol. The predicted octanol–water partition coefficient (Wildman–Crippen LogP) is 9.25. The highest BCUT2D eigenvalue weighted by molar-refractivity contribution is 6.32. The van der Waals surface area contributed by atoms with Crippen LogP contribution in [0, 0.1) is 22.7 Å². The predicted molar refractivity (Wildman–Crippen MR) is 177 cm³/mol. The maximum absolute atomic E-state index is 10.4. The van der Waals surface area contributed by atoms with E-state index >= 15 is 0 Å². The van der Waals surface area contributed by atoms with Crippen LogP contribution in [0.2, 0.25) is 20.1 Å². The van der Waals surface area contributed by atoms with E-state index < -0.39 is 0 Å². The molecule has 0 spiro atoms. The molecule has 0 saturated heterocycles. The highest BCUT2D eigenvalue weighted by Crippen LogP contribution is 2.32. The lowest BCUT2D eigenvalue weighted by Gasteiger charge is -2.29. The summed E-state index contributed by atoms with van der Waals surface area (Å²) >= 11 is 26.1. The second-order valence-corrected chi connectivity index (χ2v) is 11.5. The molecule has 44 heavy (non-hydrogen) atoms. The highest BCUT2D eigenvalue weighted by Gasteiger charge is 2.25. The Balaban J connectivity index is 1.63. The molecule has 218 valence electrons. The fourth-order valence-corrected chi connectivity index (χ4v) is 5.53. The zero-order valence-electron chi connectivity index (χ0n) is 23.3. The summed E-state index contributed by atoms with van der Waals surface area (Å²) in [6, 6.07) is 34.1. The van der Waals surface area contributed by atoms with Crippen LogP contribution in [0.25, 0.3) is 0 Å². The molecule has 0 unspecified atom stereocenters. The van der Waals surface area contributed by atoms with Crippen molar-refractivity contribution in [3.05, 3.63) is 151 Å². The van der Waals surface area contributed by atoms with Crippen molar-refractivity contribution < 1.29 is 0 Å². The van der Waals surface area contributed by atoms with Crippen LogP contribution in [-0.4, -0.2) is 9.97 Å². The molecule has 0 atom stereocenters. The minimum Gasteiger partial charge on any atom is -0.345 e. The van der Waals surface area contributed by atoms with Gasteiger partial charge in [-0.05, 0) is 46.5 Å². The summed E-state index contributed by atoms with van der Waals surface area (Å²) in [5.41, 5.74) is 3.34. The Hall–Kier alpha value is -4.30. The molecular formula is C34H24Cl4N6. The zero-order chi connectivity index (χ0) is 31.1.